The molecule has 0 radical (unpaired) electrons. The van der Waals surface area contributed by atoms with Gasteiger partial charge in [0.2, 0.25) is 0 Å². The van der Waals surface area contributed by atoms with Crippen molar-refractivity contribution >= 4 is 11.8 Å². The molecule has 0 atom stereocenters. The van der Waals surface area contributed by atoms with E-state index in [1.165, 1.54) is 0 Å². The number of benzene rings is 1. The Morgan fingerprint density at radius 2 is 2.19 bits per heavy atom. The standard InChI is InChI=1S/C13H14O3/c1-2-16-13(15)10-6-7-11-9(8-10)4-3-5-12(11)14/h6-8H,2-5H2,1H3. The fourth-order valence-electron chi connectivity index (χ4n) is 1.99. The first-order valence-corrected chi connectivity index (χ1v) is 5.55. The minimum Gasteiger partial charge on any atom is -0.462 e. The Labute approximate surface area is 94.4 Å². The number of esters is 1. The molecule has 16 heavy (non-hydrogen) atoms. The van der Waals surface area contributed by atoms with Gasteiger partial charge in [-0.25, -0.2) is 4.79 Å². The molecule has 0 unspecified atom stereocenters. The van der Waals surface area contributed by atoms with E-state index < -0.39 is 0 Å². The fraction of sp³-hybridized carbons (Fsp3) is 0.385. The van der Waals surface area contributed by atoms with Crippen LogP contribution in [-0.4, -0.2) is 18.4 Å². The van der Waals surface area contributed by atoms with Crippen molar-refractivity contribution in [3.05, 3.63) is 34.9 Å². The molecule has 84 valence electrons. The van der Waals surface area contributed by atoms with Gasteiger partial charge in [0.15, 0.2) is 5.78 Å². The smallest absolute Gasteiger partial charge is 0.338 e. The maximum atomic E-state index is 11.6. The van der Waals surface area contributed by atoms with E-state index in [0.29, 0.717) is 18.6 Å². The number of Topliss-reactive ketones (excluding diaryl/α,β-unsaturated/α-hetero) is 1. The number of ketones is 1. The van der Waals surface area contributed by atoms with Crippen molar-refractivity contribution in [3.8, 4) is 0 Å². The minimum atomic E-state index is -0.316. The van der Waals surface area contributed by atoms with Crippen LogP contribution in [0.3, 0.4) is 0 Å². The van der Waals surface area contributed by atoms with E-state index in [1.807, 2.05) is 0 Å². The number of fused-ring (bicyclic) bond motifs is 1. The van der Waals surface area contributed by atoms with Crippen LogP contribution in [0.25, 0.3) is 0 Å². The zero-order valence-electron chi connectivity index (χ0n) is 9.29. The average Bonchev–Trinajstić information content (AvgIpc) is 2.29. The van der Waals surface area contributed by atoms with E-state index in [0.717, 1.165) is 24.0 Å². The van der Waals surface area contributed by atoms with Gasteiger partial charge in [0.1, 0.15) is 0 Å². The quantitative estimate of drug-likeness (QED) is 0.716. The van der Waals surface area contributed by atoms with Crippen LogP contribution in [0, 0.1) is 0 Å². The first-order chi connectivity index (χ1) is 7.72. The van der Waals surface area contributed by atoms with Gasteiger partial charge in [-0.2, -0.15) is 0 Å². The molecule has 0 saturated carbocycles. The van der Waals surface area contributed by atoms with Crippen molar-refractivity contribution in [2.24, 2.45) is 0 Å². The molecular weight excluding hydrogens is 204 g/mol. The van der Waals surface area contributed by atoms with E-state index in [9.17, 15) is 9.59 Å². The molecule has 1 aliphatic carbocycles. The van der Waals surface area contributed by atoms with E-state index in [1.54, 1.807) is 25.1 Å². The van der Waals surface area contributed by atoms with Gasteiger partial charge < -0.3 is 4.74 Å². The first kappa shape index (κ1) is 10.9. The molecule has 0 heterocycles. The van der Waals surface area contributed by atoms with Crippen LogP contribution >= 0.6 is 0 Å². The van der Waals surface area contributed by atoms with Crippen molar-refractivity contribution in [2.75, 3.05) is 6.61 Å². The molecule has 0 aromatic heterocycles. The molecule has 0 bridgehead atoms. The summed E-state index contributed by atoms with van der Waals surface area (Å²) in [6.45, 7) is 2.15. The van der Waals surface area contributed by atoms with Crippen LogP contribution in [0.2, 0.25) is 0 Å². The lowest BCUT2D eigenvalue weighted by Crippen LogP contribution is -2.13. The SMILES string of the molecule is CCOC(=O)c1ccc2c(c1)CCCC2=O. The van der Waals surface area contributed by atoms with E-state index in [4.69, 9.17) is 4.74 Å². The lowest BCUT2D eigenvalue weighted by atomic mass is 9.89. The highest BCUT2D eigenvalue weighted by molar-refractivity contribution is 6.00. The van der Waals surface area contributed by atoms with Crippen molar-refractivity contribution in [2.45, 2.75) is 26.2 Å². The predicted octanol–water partition coefficient (Wildman–Crippen LogP) is 2.38. The summed E-state index contributed by atoms with van der Waals surface area (Å²) in [7, 11) is 0. The van der Waals surface area contributed by atoms with Crippen LogP contribution in [0.15, 0.2) is 18.2 Å². The number of hydrogen-bond donors (Lipinski definition) is 0. The molecule has 2 rings (SSSR count). The third-order valence-electron chi connectivity index (χ3n) is 2.77. The van der Waals surface area contributed by atoms with Crippen molar-refractivity contribution < 1.29 is 14.3 Å². The van der Waals surface area contributed by atoms with E-state index >= 15 is 0 Å². The molecule has 0 saturated heterocycles. The Hall–Kier alpha value is -1.64. The minimum absolute atomic E-state index is 0.177. The topological polar surface area (TPSA) is 43.4 Å². The summed E-state index contributed by atoms with van der Waals surface area (Å²) in [5.74, 6) is -0.139. The highest BCUT2D eigenvalue weighted by Gasteiger charge is 2.18. The first-order valence-electron chi connectivity index (χ1n) is 5.55. The molecular formula is C13H14O3. The molecule has 1 aromatic rings. The Morgan fingerprint density at radius 1 is 1.38 bits per heavy atom. The summed E-state index contributed by atoms with van der Waals surface area (Å²) in [5.41, 5.74) is 2.27. The molecule has 1 aromatic carbocycles. The fourth-order valence-corrected chi connectivity index (χ4v) is 1.99. The van der Waals surface area contributed by atoms with Gasteiger partial charge >= 0.3 is 5.97 Å². The van der Waals surface area contributed by atoms with Crippen LogP contribution < -0.4 is 0 Å². The third-order valence-corrected chi connectivity index (χ3v) is 2.77. The summed E-state index contributed by atoms with van der Waals surface area (Å²) in [4.78, 5) is 23.1. The monoisotopic (exact) mass is 218 g/mol. The highest BCUT2D eigenvalue weighted by Crippen LogP contribution is 2.22. The van der Waals surface area contributed by atoms with Gasteiger partial charge in [0.25, 0.3) is 0 Å². The van der Waals surface area contributed by atoms with Gasteiger partial charge in [0, 0.05) is 12.0 Å². The molecule has 0 fully saturated rings. The lowest BCUT2D eigenvalue weighted by Gasteiger charge is -2.15. The van der Waals surface area contributed by atoms with Crippen LogP contribution in [0.4, 0.5) is 0 Å². The predicted molar refractivity (Wildman–Crippen MR) is 59.7 cm³/mol. The molecule has 1 aliphatic rings. The van der Waals surface area contributed by atoms with Gasteiger partial charge in [0.05, 0.1) is 12.2 Å². The molecule has 0 N–H and O–H groups in total. The van der Waals surface area contributed by atoms with Gasteiger partial charge in [-0.3, -0.25) is 4.79 Å². The second-order valence-corrected chi connectivity index (χ2v) is 3.87. The average molecular weight is 218 g/mol. The van der Waals surface area contributed by atoms with Crippen molar-refractivity contribution in [1.29, 1.82) is 0 Å². The summed E-state index contributed by atoms with van der Waals surface area (Å²) in [6.07, 6.45) is 2.36. The van der Waals surface area contributed by atoms with Crippen LogP contribution in [0.5, 0.6) is 0 Å². The number of rotatable bonds is 2. The maximum absolute atomic E-state index is 11.6. The summed E-state index contributed by atoms with van der Waals surface area (Å²) in [5, 5.41) is 0. The molecule has 0 amide bonds. The van der Waals surface area contributed by atoms with Gasteiger partial charge in [-0.15, -0.1) is 0 Å². The number of hydrogen-bond acceptors (Lipinski definition) is 3. The number of aryl methyl sites for hydroxylation is 1. The van der Waals surface area contributed by atoms with E-state index in [2.05, 4.69) is 0 Å². The van der Waals surface area contributed by atoms with E-state index in [-0.39, 0.29) is 11.8 Å². The van der Waals surface area contributed by atoms with Gasteiger partial charge in [-0.05, 0) is 37.5 Å². The Morgan fingerprint density at radius 3 is 2.94 bits per heavy atom. The molecule has 0 spiro atoms. The zero-order chi connectivity index (χ0) is 11.5. The van der Waals surface area contributed by atoms with Crippen LogP contribution in [0.1, 0.15) is 46.0 Å². The Balaban J connectivity index is 2.32. The molecule has 3 nitrogen and oxygen atoms in total. The zero-order valence-corrected chi connectivity index (χ0v) is 9.29. The van der Waals surface area contributed by atoms with Crippen LogP contribution in [-0.2, 0) is 11.2 Å². The second-order valence-electron chi connectivity index (χ2n) is 3.87. The number of carbonyl (C=O) groups is 2. The highest BCUT2D eigenvalue weighted by atomic mass is 16.5. The lowest BCUT2D eigenvalue weighted by molar-refractivity contribution is 0.0526. The summed E-state index contributed by atoms with van der Waals surface area (Å²) in [6, 6.07) is 5.19. The normalized spacial score (nSPS) is 14.4. The maximum Gasteiger partial charge on any atom is 0.338 e. The van der Waals surface area contributed by atoms with Crippen molar-refractivity contribution in [1.82, 2.24) is 0 Å². The van der Waals surface area contributed by atoms with Crippen molar-refractivity contribution in [3.63, 3.8) is 0 Å². The van der Waals surface area contributed by atoms with Gasteiger partial charge in [-0.1, -0.05) is 6.07 Å². The summed E-state index contributed by atoms with van der Waals surface area (Å²) < 4.78 is 4.92. The Bertz CT molecular complexity index is 435. The summed E-state index contributed by atoms with van der Waals surface area (Å²) >= 11 is 0. The largest absolute Gasteiger partial charge is 0.462 e. The Kier molecular flexibility index (Phi) is 3.04. The third kappa shape index (κ3) is 1.98. The number of ether oxygens (including phenoxy) is 1. The molecule has 3 heteroatoms. The molecule has 0 aliphatic heterocycles. The number of carbonyl (C=O) groups excluding carboxylic acids is 2. The second kappa shape index (κ2) is 4.47.